The summed E-state index contributed by atoms with van der Waals surface area (Å²) in [4.78, 5) is 2.14. The molecule has 1 N–H and O–H groups in total. The number of aliphatic hydroxyl groups is 1. The fraction of sp³-hybridized carbons (Fsp3) is 0.438. The molecule has 0 spiro atoms. The third-order valence-electron chi connectivity index (χ3n) is 3.32. The van der Waals surface area contributed by atoms with E-state index in [4.69, 9.17) is 16.3 Å². The normalized spacial score (nSPS) is 12.6. The zero-order valence-electron chi connectivity index (χ0n) is 13.2. The Balaban J connectivity index is 1.98. The Morgan fingerprint density at radius 1 is 1.32 bits per heavy atom. The van der Waals surface area contributed by atoms with Crippen molar-refractivity contribution >= 4 is 11.6 Å². The zero-order chi connectivity index (χ0) is 16.1. The van der Waals surface area contributed by atoms with Gasteiger partial charge in [-0.15, -0.1) is 0 Å². The molecule has 120 valence electrons. The highest BCUT2D eigenvalue weighted by atomic mass is 35.5. The van der Waals surface area contributed by atoms with Crippen LogP contribution in [0.25, 0.3) is 0 Å². The van der Waals surface area contributed by atoms with E-state index in [9.17, 15) is 5.11 Å². The highest BCUT2D eigenvalue weighted by Gasteiger charge is 2.16. The van der Waals surface area contributed by atoms with E-state index >= 15 is 0 Å². The molecule has 0 amide bonds. The van der Waals surface area contributed by atoms with E-state index in [2.05, 4.69) is 10.00 Å². The molecule has 0 fully saturated rings. The van der Waals surface area contributed by atoms with E-state index in [-0.39, 0.29) is 0 Å². The van der Waals surface area contributed by atoms with Gasteiger partial charge in [0.05, 0.1) is 5.69 Å². The molecule has 0 aliphatic carbocycles. The first kappa shape index (κ1) is 16.8. The van der Waals surface area contributed by atoms with Gasteiger partial charge in [-0.2, -0.15) is 5.10 Å². The summed E-state index contributed by atoms with van der Waals surface area (Å²) in [6.45, 7) is 1.01. The fourth-order valence-corrected chi connectivity index (χ4v) is 2.30. The van der Waals surface area contributed by atoms with E-state index in [1.54, 1.807) is 36.0 Å². The van der Waals surface area contributed by atoms with Crippen LogP contribution < -0.4 is 4.74 Å². The van der Waals surface area contributed by atoms with Crippen LogP contribution in [0.2, 0.25) is 5.02 Å². The molecule has 2 rings (SSSR count). The Bertz CT molecular complexity index is 596. The minimum atomic E-state index is -1.05. The molecule has 1 aromatic carbocycles. The second-order valence-corrected chi connectivity index (χ2v) is 5.95. The van der Waals surface area contributed by atoms with Crippen molar-refractivity contribution in [2.75, 3.05) is 20.6 Å². The van der Waals surface area contributed by atoms with Crippen molar-refractivity contribution in [1.29, 1.82) is 0 Å². The zero-order valence-corrected chi connectivity index (χ0v) is 13.9. The standard InChI is InChI=1S/C16H22ClN3O2/c1-19(2)10-4-5-13-11-15(20(3)18-13)16(21)22-14-8-6-12(17)7-9-14/h6-9,11,16,21H,4-5,10H2,1-3H3. The average molecular weight is 324 g/mol. The van der Waals surface area contributed by atoms with Gasteiger partial charge in [-0.1, -0.05) is 11.6 Å². The molecule has 1 aromatic heterocycles. The molecular weight excluding hydrogens is 302 g/mol. The summed E-state index contributed by atoms with van der Waals surface area (Å²) in [5, 5.41) is 15.3. The predicted molar refractivity (Wildman–Crippen MR) is 87.1 cm³/mol. The summed E-state index contributed by atoms with van der Waals surface area (Å²) >= 11 is 5.83. The number of rotatable bonds is 7. The average Bonchev–Trinajstić information content (AvgIpc) is 2.82. The molecular formula is C16H22ClN3O2. The van der Waals surface area contributed by atoms with Gasteiger partial charge in [-0.05, 0) is 63.8 Å². The van der Waals surface area contributed by atoms with Crippen LogP contribution in [0, 0.1) is 0 Å². The molecule has 1 atom stereocenters. The number of hydrogen-bond donors (Lipinski definition) is 1. The lowest BCUT2D eigenvalue weighted by atomic mass is 10.2. The molecule has 0 saturated carbocycles. The summed E-state index contributed by atoms with van der Waals surface area (Å²) in [6, 6.07) is 8.77. The van der Waals surface area contributed by atoms with Crippen LogP contribution >= 0.6 is 11.6 Å². The van der Waals surface area contributed by atoms with Crippen LogP contribution in [0.4, 0.5) is 0 Å². The summed E-state index contributed by atoms with van der Waals surface area (Å²) in [7, 11) is 5.90. The molecule has 2 aromatic rings. The summed E-state index contributed by atoms with van der Waals surface area (Å²) in [6.07, 6.45) is 0.846. The topological polar surface area (TPSA) is 50.5 Å². The number of halogens is 1. The summed E-state index contributed by atoms with van der Waals surface area (Å²) < 4.78 is 7.18. The highest BCUT2D eigenvalue weighted by molar-refractivity contribution is 6.30. The van der Waals surface area contributed by atoms with Crippen LogP contribution in [0.5, 0.6) is 5.75 Å². The van der Waals surface area contributed by atoms with Crippen molar-refractivity contribution in [2.45, 2.75) is 19.1 Å². The summed E-state index contributed by atoms with van der Waals surface area (Å²) in [5.41, 5.74) is 1.59. The molecule has 0 bridgehead atoms. The Morgan fingerprint density at radius 2 is 2.00 bits per heavy atom. The molecule has 1 unspecified atom stereocenters. The first-order valence-corrected chi connectivity index (χ1v) is 7.61. The Kier molecular flexibility index (Phi) is 5.83. The second-order valence-electron chi connectivity index (χ2n) is 5.52. The van der Waals surface area contributed by atoms with Gasteiger partial charge in [0.2, 0.25) is 6.29 Å². The molecule has 0 aliphatic heterocycles. The molecule has 0 saturated heterocycles. The van der Waals surface area contributed by atoms with E-state index in [1.807, 2.05) is 20.2 Å². The van der Waals surface area contributed by atoms with Gasteiger partial charge < -0.3 is 14.7 Å². The largest absolute Gasteiger partial charge is 0.459 e. The smallest absolute Gasteiger partial charge is 0.241 e. The number of aliphatic hydroxyl groups excluding tert-OH is 1. The van der Waals surface area contributed by atoms with Crippen LogP contribution in [-0.4, -0.2) is 40.4 Å². The lowest BCUT2D eigenvalue weighted by molar-refractivity contribution is -0.0256. The Labute approximate surface area is 136 Å². The van der Waals surface area contributed by atoms with Gasteiger partial charge in [-0.3, -0.25) is 4.68 Å². The second kappa shape index (κ2) is 7.63. The fourth-order valence-electron chi connectivity index (χ4n) is 2.18. The maximum Gasteiger partial charge on any atom is 0.241 e. The monoisotopic (exact) mass is 323 g/mol. The number of ether oxygens (including phenoxy) is 1. The molecule has 22 heavy (non-hydrogen) atoms. The molecule has 5 nitrogen and oxygen atoms in total. The van der Waals surface area contributed by atoms with Crippen molar-refractivity contribution in [3.8, 4) is 5.75 Å². The lowest BCUT2D eigenvalue weighted by Gasteiger charge is -2.13. The van der Waals surface area contributed by atoms with E-state index in [0.717, 1.165) is 25.1 Å². The third-order valence-corrected chi connectivity index (χ3v) is 3.57. The maximum atomic E-state index is 10.2. The Hall–Kier alpha value is -1.56. The third kappa shape index (κ3) is 4.73. The molecule has 0 radical (unpaired) electrons. The number of benzene rings is 1. The van der Waals surface area contributed by atoms with Gasteiger partial charge in [0.1, 0.15) is 11.4 Å². The lowest BCUT2D eigenvalue weighted by Crippen LogP contribution is -2.13. The minimum Gasteiger partial charge on any atom is -0.459 e. The quantitative estimate of drug-likeness (QED) is 0.796. The van der Waals surface area contributed by atoms with E-state index < -0.39 is 6.29 Å². The van der Waals surface area contributed by atoms with Gasteiger partial charge in [0, 0.05) is 12.1 Å². The number of hydrogen-bond acceptors (Lipinski definition) is 4. The van der Waals surface area contributed by atoms with E-state index in [1.165, 1.54) is 0 Å². The van der Waals surface area contributed by atoms with Crippen molar-refractivity contribution in [2.24, 2.45) is 7.05 Å². The molecule has 0 aliphatic rings. The van der Waals surface area contributed by atoms with Crippen molar-refractivity contribution in [1.82, 2.24) is 14.7 Å². The molecule has 6 heteroatoms. The van der Waals surface area contributed by atoms with Crippen molar-refractivity contribution < 1.29 is 9.84 Å². The summed E-state index contributed by atoms with van der Waals surface area (Å²) in [5.74, 6) is 0.562. The van der Waals surface area contributed by atoms with Crippen LogP contribution in [0.3, 0.4) is 0 Å². The number of aromatic nitrogens is 2. The van der Waals surface area contributed by atoms with Crippen molar-refractivity contribution in [3.05, 3.63) is 46.7 Å². The highest BCUT2D eigenvalue weighted by Crippen LogP contribution is 2.22. The van der Waals surface area contributed by atoms with Gasteiger partial charge in [0.15, 0.2) is 0 Å². The SMILES string of the molecule is CN(C)CCCc1cc(C(O)Oc2ccc(Cl)cc2)n(C)n1. The first-order chi connectivity index (χ1) is 10.5. The molecule has 1 heterocycles. The van der Waals surface area contributed by atoms with Crippen LogP contribution in [0.15, 0.2) is 30.3 Å². The maximum absolute atomic E-state index is 10.2. The Morgan fingerprint density at radius 3 is 2.64 bits per heavy atom. The van der Waals surface area contributed by atoms with Gasteiger partial charge in [-0.25, -0.2) is 0 Å². The van der Waals surface area contributed by atoms with E-state index in [0.29, 0.717) is 16.5 Å². The van der Waals surface area contributed by atoms with Crippen LogP contribution in [0.1, 0.15) is 24.1 Å². The van der Waals surface area contributed by atoms with Crippen LogP contribution in [-0.2, 0) is 13.5 Å². The minimum absolute atomic E-state index is 0.562. The number of aryl methyl sites for hydroxylation is 2. The first-order valence-electron chi connectivity index (χ1n) is 7.23. The van der Waals surface area contributed by atoms with Gasteiger partial charge >= 0.3 is 0 Å². The predicted octanol–water partition coefficient (Wildman–Crippen LogP) is 2.64. The van der Waals surface area contributed by atoms with Gasteiger partial charge in [0.25, 0.3) is 0 Å². The van der Waals surface area contributed by atoms with Crippen molar-refractivity contribution in [3.63, 3.8) is 0 Å². The number of nitrogens with zero attached hydrogens (tertiary/aromatic N) is 3.